The lowest BCUT2D eigenvalue weighted by Crippen LogP contribution is -2.28. The third kappa shape index (κ3) is 0.928. The van der Waals surface area contributed by atoms with E-state index >= 15 is 0 Å². The van der Waals surface area contributed by atoms with Crippen LogP contribution in [0.5, 0.6) is 0 Å². The fourth-order valence-electron chi connectivity index (χ4n) is 0.472. The lowest BCUT2D eigenvalue weighted by molar-refractivity contribution is -0.318. The first-order valence-electron chi connectivity index (χ1n) is 2.38. The Morgan fingerprint density at radius 2 is 2.12 bits per heavy atom. The molecule has 0 amide bonds. The van der Waals surface area contributed by atoms with Crippen molar-refractivity contribution in [1.82, 2.24) is 5.23 Å². The molecule has 0 bridgehead atoms. The van der Waals surface area contributed by atoms with E-state index in [0.717, 1.165) is 5.23 Å². The van der Waals surface area contributed by atoms with Crippen molar-refractivity contribution in [3.05, 3.63) is 0 Å². The van der Waals surface area contributed by atoms with Crippen molar-refractivity contribution >= 4 is 7.60 Å². The van der Waals surface area contributed by atoms with Gasteiger partial charge in [0.25, 0.3) is 0 Å². The molecular weight excluding hydrogens is 129 g/mol. The summed E-state index contributed by atoms with van der Waals surface area (Å²) in [6.45, 7) is 1.76. The summed E-state index contributed by atoms with van der Waals surface area (Å²) in [6, 6.07) is 0. The van der Waals surface area contributed by atoms with Crippen LogP contribution in [-0.2, 0) is 13.8 Å². The molecule has 1 heterocycles. The van der Waals surface area contributed by atoms with Gasteiger partial charge in [0.2, 0.25) is 0 Å². The van der Waals surface area contributed by atoms with Gasteiger partial charge in [0.05, 0.1) is 6.16 Å². The van der Waals surface area contributed by atoms with E-state index in [1.165, 1.54) is 0 Å². The summed E-state index contributed by atoms with van der Waals surface area (Å²) in [4.78, 5) is 0. The van der Waals surface area contributed by atoms with Crippen LogP contribution < -0.4 is 0 Å². The molecule has 1 fully saturated rings. The van der Waals surface area contributed by atoms with E-state index in [0.29, 0.717) is 6.16 Å². The summed E-state index contributed by atoms with van der Waals surface area (Å²) in [7, 11) is -1.04. The molecule has 0 N–H and O–H groups in total. The van der Waals surface area contributed by atoms with E-state index in [9.17, 15) is 4.57 Å². The number of nitrogens with zero attached hydrogens (tertiary/aromatic N) is 1. The Morgan fingerprint density at radius 3 is 2.25 bits per heavy atom. The molecule has 0 atom stereocenters. The van der Waals surface area contributed by atoms with Gasteiger partial charge in [-0.25, -0.2) is 0 Å². The highest BCUT2D eigenvalue weighted by atomic mass is 31.2. The van der Waals surface area contributed by atoms with E-state index in [1.807, 2.05) is 0 Å². The molecule has 1 aliphatic rings. The van der Waals surface area contributed by atoms with Gasteiger partial charge in [-0.2, -0.15) is 9.25 Å². The molecule has 0 aromatic heterocycles. The minimum Gasteiger partial charge on any atom is -0.257 e. The number of hydrogen-bond donors (Lipinski definition) is 0. The van der Waals surface area contributed by atoms with Crippen molar-refractivity contribution < 1.29 is 13.8 Å². The zero-order chi connectivity index (χ0) is 6.20. The Hall–Kier alpha value is 0.110. The van der Waals surface area contributed by atoms with Crippen molar-refractivity contribution in [1.29, 1.82) is 0 Å². The molecule has 8 heavy (non-hydrogen) atoms. The van der Waals surface area contributed by atoms with Crippen LogP contribution in [0.15, 0.2) is 0 Å². The quantitative estimate of drug-likeness (QED) is 0.505. The second-order valence-corrected chi connectivity index (χ2v) is 3.71. The molecule has 0 spiro atoms. The van der Waals surface area contributed by atoms with E-state index in [-0.39, 0.29) is 0 Å². The number of rotatable bonds is 1. The van der Waals surface area contributed by atoms with Crippen LogP contribution in [0.25, 0.3) is 0 Å². The molecule has 1 rings (SSSR count). The molecule has 0 radical (unpaired) electrons. The van der Waals surface area contributed by atoms with Gasteiger partial charge >= 0.3 is 7.60 Å². The molecule has 0 aromatic rings. The van der Waals surface area contributed by atoms with Crippen LogP contribution in [0, 0.1) is 0 Å². The number of hydrogen-bond acceptors (Lipinski definition) is 4. The average molecular weight is 137 g/mol. The average Bonchev–Trinajstić information content (AvgIpc) is 1.63. The van der Waals surface area contributed by atoms with Crippen molar-refractivity contribution in [2.45, 2.75) is 6.92 Å². The van der Waals surface area contributed by atoms with Crippen LogP contribution in [-0.4, -0.2) is 18.4 Å². The van der Waals surface area contributed by atoms with Crippen molar-refractivity contribution in [2.24, 2.45) is 0 Å². The van der Waals surface area contributed by atoms with Gasteiger partial charge in [-0.3, -0.25) is 4.57 Å². The van der Waals surface area contributed by atoms with E-state index in [1.54, 1.807) is 14.0 Å². The summed E-state index contributed by atoms with van der Waals surface area (Å²) >= 11 is 0. The van der Waals surface area contributed by atoms with Crippen LogP contribution in [0.1, 0.15) is 6.92 Å². The van der Waals surface area contributed by atoms with Gasteiger partial charge in [0.1, 0.15) is 0 Å². The normalized spacial score (nSPS) is 27.2. The Bertz CT molecular complexity index is 126. The maximum atomic E-state index is 10.8. The molecule has 0 aromatic carbocycles. The highest BCUT2D eigenvalue weighted by molar-refractivity contribution is 7.54. The van der Waals surface area contributed by atoms with Crippen molar-refractivity contribution in [3.63, 3.8) is 0 Å². The molecule has 0 aliphatic carbocycles. The highest BCUT2D eigenvalue weighted by Gasteiger charge is 2.37. The first kappa shape index (κ1) is 6.23. The molecular formula is C3H8NO3P. The SMILES string of the molecule is CCP1(=O)ON(C)O1. The Kier molecular flexibility index (Phi) is 1.41. The third-order valence-electron chi connectivity index (χ3n) is 0.866. The van der Waals surface area contributed by atoms with Crippen LogP contribution >= 0.6 is 7.60 Å². The van der Waals surface area contributed by atoms with Crippen molar-refractivity contribution in [3.8, 4) is 0 Å². The first-order valence-corrected chi connectivity index (χ1v) is 4.11. The number of hydroxylamine groups is 2. The zero-order valence-corrected chi connectivity index (χ0v) is 5.72. The maximum Gasteiger partial charge on any atom is 0.367 e. The van der Waals surface area contributed by atoms with Gasteiger partial charge in [0.15, 0.2) is 0 Å². The minimum atomic E-state index is -2.60. The topological polar surface area (TPSA) is 38.8 Å². The van der Waals surface area contributed by atoms with Crippen LogP contribution in [0.2, 0.25) is 0 Å². The standard InChI is InChI=1S/C3H8NO3P/c1-3-8(5)6-4(2)7-8/h3H2,1-2H3. The predicted octanol–water partition coefficient (Wildman–Crippen LogP) is 1.01. The monoisotopic (exact) mass is 137 g/mol. The lowest BCUT2D eigenvalue weighted by atomic mass is 11.0. The van der Waals surface area contributed by atoms with E-state index < -0.39 is 7.60 Å². The van der Waals surface area contributed by atoms with Gasteiger partial charge < -0.3 is 0 Å². The summed E-state index contributed by atoms with van der Waals surface area (Å²) in [5.74, 6) is 0. The highest BCUT2D eigenvalue weighted by Crippen LogP contribution is 2.56. The molecule has 1 saturated heterocycles. The lowest BCUT2D eigenvalue weighted by Gasteiger charge is -2.32. The maximum absolute atomic E-state index is 10.8. The van der Waals surface area contributed by atoms with E-state index in [2.05, 4.69) is 9.25 Å². The molecule has 0 saturated carbocycles. The van der Waals surface area contributed by atoms with E-state index in [4.69, 9.17) is 0 Å². The largest absolute Gasteiger partial charge is 0.367 e. The van der Waals surface area contributed by atoms with Crippen molar-refractivity contribution in [2.75, 3.05) is 13.2 Å². The smallest absolute Gasteiger partial charge is 0.257 e. The summed E-state index contributed by atoms with van der Waals surface area (Å²) in [6.07, 6.45) is 0.442. The molecule has 0 unspecified atom stereocenters. The summed E-state index contributed by atoms with van der Waals surface area (Å²) < 4.78 is 20.0. The predicted molar refractivity (Wildman–Crippen MR) is 28.1 cm³/mol. The first-order chi connectivity index (χ1) is 3.66. The fraction of sp³-hybridized carbons (Fsp3) is 1.00. The second-order valence-electron chi connectivity index (χ2n) is 1.53. The molecule has 48 valence electrons. The minimum absolute atomic E-state index is 0.442. The summed E-state index contributed by atoms with van der Waals surface area (Å²) in [5, 5.41) is 1.10. The third-order valence-corrected chi connectivity index (χ3v) is 2.60. The van der Waals surface area contributed by atoms with Gasteiger partial charge in [-0.15, -0.1) is 0 Å². The second kappa shape index (κ2) is 1.81. The van der Waals surface area contributed by atoms with Gasteiger partial charge in [-0.1, -0.05) is 12.2 Å². The van der Waals surface area contributed by atoms with Gasteiger partial charge in [0, 0.05) is 7.05 Å². The Balaban J connectivity index is 2.42. The molecule has 4 nitrogen and oxygen atoms in total. The molecule has 1 aliphatic heterocycles. The van der Waals surface area contributed by atoms with Crippen LogP contribution in [0.4, 0.5) is 0 Å². The Morgan fingerprint density at radius 1 is 1.62 bits per heavy atom. The summed E-state index contributed by atoms with van der Waals surface area (Å²) in [5.41, 5.74) is 0. The Labute approximate surface area is 47.8 Å². The van der Waals surface area contributed by atoms with Crippen LogP contribution in [0.3, 0.4) is 0 Å². The molecule has 5 heteroatoms. The van der Waals surface area contributed by atoms with Gasteiger partial charge in [-0.05, 0) is 0 Å². The fourth-order valence-corrected chi connectivity index (χ4v) is 1.42. The zero-order valence-electron chi connectivity index (χ0n) is 4.83.